The summed E-state index contributed by atoms with van der Waals surface area (Å²) < 4.78 is 0. The molecular formula is C8H15N3O. The Kier molecular flexibility index (Phi) is 6.02. The number of nitrogens with zero attached hydrogens (tertiary/aromatic N) is 1. The number of nitriles is 1. The van der Waals surface area contributed by atoms with E-state index < -0.39 is 0 Å². The van der Waals surface area contributed by atoms with Crippen molar-refractivity contribution in [1.82, 2.24) is 10.6 Å². The predicted molar refractivity (Wildman–Crippen MR) is 46.4 cm³/mol. The van der Waals surface area contributed by atoms with Gasteiger partial charge < -0.3 is 10.6 Å². The van der Waals surface area contributed by atoms with Crippen LogP contribution >= 0.6 is 0 Å². The van der Waals surface area contributed by atoms with E-state index >= 15 is 0 Å². The first-order valence-electron chi connectivity index (χ1n) is 4.10. The average Bonchev–Trinajstić information content (AvgIpc) is 2.05. The zero-order chi connectivity index (χ0) is 9.40. The molecule has 0 aromatic rings. The Morgan fingerprint density at radius 2 is 2.33 bits per heavy atom. The van der Waals surface area contributed by atoms with E-state index in [4.69, 9.17) is 5.26 Å². The van der Waals surface area contributed by atoms with E-state index in [1.807, 2.05) is 13.0 Å². The summed E-state index contributed by atoms with van der Waals surface area (Å²) in [5, 5.41) is 13.9. The van der Waals surface area contributed by atoms with Crippen LogP contribution in [0.3, 0.4) is 0 Å². The van der Waals surface area contributed by atoms with Gasteiger partial charge in [-0.25, -0.2) is 0 Å². The lowest BCUT2D eigenvalue weighted by Crippen LogP contribution is -2.42. The predicted octanol–water partition coefficient (Wildman–Crippen LogP) is 0.0143. The van der Waals surface area contributed by atoms with Crippen molar-refractivity contribution in [2.75, 3.05) is 13.1 Å². The van der Waals surface area contributed by atoms with Crippen LogP contribution in [0, 0.1) is 11.3 Å². The van der Waals surface area contributed by atoms with E-state index in [1.165, 1.54) is 0 Å². The maximum atomic E-state index is 11.1. The van der Waals surface area contributed by atoms with Crippen molar-refractivity contribution in [3.63, 3.8) is 0 Å². The van der Waals surface area contributed by atoms with Gasteiger partial charge in [-0.1, -0.05) is 0 Å². The zero-order valence-electron chi connectivity index (χ0n) is 7.55. The highest BCUT2D eigenvalue weighted by Gasteiger charge is 2.09. The third-order valence-electron chi connectivity index (χ3n) is 1.43. The van der Waals surface area contributed by atoms with Crippen LogP contribution in [0.25, 0.3) is 0 Å². The van der Waals surface area contributed by atoms with Gasteiger partial charge in [0, 0.05) is 19.5 Å². The summed E-state index contributed by atoms with van der Waals surface area (Å²) in [5.41, 5.74) is 0. The van der Waals surface area contributed by atoms with E-state index in [0.29, 0.717) is 19.5 Å². The number of hydrogen-bond acceptors (Lipinski definition) is 3. The molecule has 0 aliphatic heterocycles. The van der Waals surface area contributed by atoms with E-state index in [0.717, 1.165) is 0 Å². The number of hydrogen-bond donors (Lipinski definition) is 2. The van der Waals surface area contributed by atoms with E-state index in [9.17, 15) is 4.79 Å². The van der Waals surface area contributed by atoms with Crippen molar-refractivity contribution in [3.8, 4) is 6.07 Å². The van der Waals surface area contributed by atoms with Gasteiger partial charge in [0.05, 0.1) is 12.1 Å². The molecule has 0 aliphatic carbocycles. The molecular weight excluding hydrogens is 154 g/mol. The van der Waals surface area contributed by atoms with Gasteiger partial charge in [-0.15, -0.1) is 0 Å². The smallest absolute Gasteiger partial charge is 0.236 e. The molecule has 0 radical (unpaired) electrons. The van der Waals surface area contributed by atoms with Gasteiger partial charge in [-0.05, 0) is 13.8 Å². The molecule has 1 atom stereocenters. The largest absolute Gasteiger partial charge is 0.355 e. The summed E-state index contributed by atoms with van der Waals surface area (Å²) in [5.74, 6) is -0.0181. The SMILES string of the molecule is CCNC(=O)C(C)NCCC#N. The summed E-state index contributed by atoms with van der Waals surface area (Å²) in [6.07, 6.45) is 0.434. The van der Waals surface area contributed by atoms with Crippen molar-refractivity contribution >= 4 is 5.91 Å². The minimum Gasteiger partial charge on any atom is -0.355 e. The molecule has 0 fully saturated rings. The molecule has 0 spiro atoms. The van der Waals surface area contributed by atoms with Crippen LogP contribution in [0.5, 0.6) is 0 Å². The summed E-state index contributed by atoms with van der Waals surface area (Å²) in [6.45, 7) is 4.86. The molecule has 1 unspecified atom stereocenters. The van der Waals surface area contributed by atoms with E-state index in [-0.39, 0.29) is 11.9 Å². The standard InChI is InChI=1S/C8H15N3O/c1-3-10-8(12)7(2)11-6-4-5-9/h7,11H,3-4,6H2,1-2H3,(H,10,12). The maximum Gasteiger partial charge on any atom is 0.236 e. The molecule has 0 heterocycles. The average molecular weight is 169 g/mol. The van der Waals surface area contributed by atoms with Gasteiger partial charge in [-0.3, -0.25) is 4.79 Å². The Bertz CT molecular complexity index is 174. The quantitative estimate of drug-likeness (QED) is 0.570. The minimum absolute atomic E-state index is 0.0181. The van der Waals surface area contributed by atoms with Gasteiger partial charge in [0.1, 0.15) is 0 Å². The van der Waals surface area contributed by atoms with Crippen molar-refractivity contribution in [3.05, 3.63) is 0 Å². The Morgan fingerprint density at radius 3 is 2.83 bits per heavy atom. The van der Waals surface area contributed by atoms with Gasteiger partial charge in [-0.2, -0.15) is 5.26 Å². The van der Waals surface area contributed by atoms with Crippen molar-refractivity contribution in [2.45, 2.75) is 26.3 Å². The fourth-order valence-corrected chi connectivity index (χ4v) is 0.765. The fourth-order valence-electron chi connectivity index (χ4n) is 0.765. The topological polar surface area (TPSA) is 64.9 Å². The molecule has 4 heteroatoms. The highest BCUT2D eigenvalue weighted by molar-refractivity contribution is 5.81. The second-order valence-corrected chi connectivity index (χ2v) is 2.48. The highest BCUT2D eigenvalue weighted by atomic mass is 16.2. The number of rotatable bonds is 5. The molecule has 12 heavy (non-hydrogen) atoms. The Hall–Kier alpha value is -1.08. The van der Waals surface area contributed by atoms with Gasteiger partial charge in [0.2, 0.25) is 5.91 Å². The number of carbonyl (C=O) groups excluding carboxylic acids is 1. The van der Waals surface area contributed by atoms with Gasteiger partial charge in [0.25, 0.3) is 0 Å². The first kappa shape index (κ1) is 10.9. The maximum absolute atomic E-state index is 11.1. The summed E-state index contributed by atoms with van der Waals surface area (Å²) in [4.78, 5) is 11.1. The second kappa shape index (κ2) is 6.62. The van der Waals surface area contributed by atoms with E-state index in [1.54, 1.807) is 6.92 Å². The lowest BCUT2D eigenvalue weighted by molar-refractivity contribution is -0.122. The molecule has 0 saturated carbocycles. The Balaban J connectivity index is 3.51. The number of amides is 1. The third kappa shape index (κ3) is 4.69. The minimum atomic E-state index is -0.210. The van der Waals surface area contributed by atoms with Crippen molar-refractivity contribution < 1.29 is 4.79 Å². The Morgan fingerprint density at radius 1 is 1.67 bits per heavy atom. The van der Waals surface area contributed by atoms with Crippen LogP contribution in [0.15, 0.2) is 0 Å². The molecule has 0 aliphatic rings. The van der Waals surface area contributed by atoms with Gasteiger partial charge >= 0.3 is 0 Å². The van der Waals surface area contributed by atoms with Crippen LogP contribution in [0.1, 0.15) is 20.3 Å². The molecule has 0 aromatic heterocycles. The lowest BCUT2D eigenvalue weighted by Gasteiger charge is -2.11. The summed E-state index contributed by atoms with van der Waals surface area (Å²) in [7, 11) is 0. The van der Waals surface area contributed by atoms with E-state index in [2.05, 4.69) is 10.6 Å². The van der Waals surface area contributed by atoms with Crippen LogP contribution in [0.2, 0.25) is 0 Å². The third-order valence-corrected chi connectivity index (χ3v) is 1.43. The highest BCUT2D eigenvalue weighted by Crippen LogP contribution is 1.82. The molecule has 0 aromatic carbocycles. The number of carbonyl (C=O) groups is 1. The van der Waals surface area contributed by atoms with Crippen LogP contribution in [0.4, 0.5) is 0 Å². The van der Waals surface area contributed by atoms with Gasteiger partial charge in [0.15, 0.2) is 0 Å². The molecule has 4 nitrogen and oxygen atoms in total. The van der Waals surface area contributed by atoms with Crippen molar-refractivity contribution in [2.24, 2.45) is 0 Å². The molecule has 68 valence electrons. The zero-order valence-corrected chi connectivity index (χ0v) is 7.55. The van der Waals surface area contributed by atoms with Crippen LogP contribution < -0.4 is 10.6 Å². The molecule has 2 N–H and O–H groups in total. The normalized spacial score (nSPS) is 11.8. The Labute approximate surface area is 72.9 Å². The molecule has 0 bridgehead atoms. The first-order chi connectivity index (χ1) is 5.72. The second-order valence-electron chi connectivity index (χ2n) is 2.48. The molecule has 0 rings (SSSR count). The number of likely N-dealkylation sites (N-methyl/N-ethyl adjacent to an activating group) is 1. The monoisotopic (exact) mass is 169 g/mol. The lowest BCUT2D eigenvalue weighted by atomic mass is 10.3. The van der Waals surface area contributed by atoms with Crippen molar-refractivity contribution in [1.29, 1.82) is 5.26 Å². The fraction of sp³-hybridized carbons (Fsp3) is 0.750. The molecule has 1 amide bonds. The summed E-state index contributed by atoms with van der Waals surface area (Å²) >= 11 is 0. The van der Waals surface area contributed by atoms with Crippen LogP contribution in [-0.4, -0.2) is 25.0 Å². The summed E-state index contributed by atoms with van der Waals surface area (Å²) in [6, 6.07) is 1.79. The number of nitrogens with one attached hydrogen (secondary N) is 2. The molecule has 0 saturated heterocycles. The van der Waals surface area contributed by atoms with Crippen LogP contribution in [-0.2, 0) is 4.79 Å². The first-order valence-corrected chi connectivity index (χ1v) is 4.10.